The van der Waals surface area contributed by atoms with Gasteiger partial charge in [0, 0.05) is 15.7 Å². The number of carbonyl (C=O) groups excluding carboxylic acids is 1. The fourth-order valence-corrected chi connectivity index (χ4v) is 3.56. The van der Waals surface area contributed by atoms with Crippen LogP contribution in [0.3, 0.4) is 0 Å². The molecule has 0 aliphatic rings. The Bertz CT molecular complexity index is 552. The van der Waals surface area contributed by atoms with Crippen LogP contribution >= 0.6 is 43.2 Å². The van der Waals surface area contributed by atoms with Crippen molar-refractivity contribution in [1.82, 2.24) is 0 Å². The second-order valence-electron chi connectivity index (χ2n) is 3.60. The standard InChI is InChI=1S/C12H9Br2NOS/c1-6-3-2-4-8(15)10(6)11(16)9-5-7(13)12(14)17-9/h2-5H,15H2,1H3. The SMILES string of the molecule is Cc1cccc(N)c1C(=O)c1cc(Br)c(Br)s1. The molecule has 2 rings (SSSR count). The van der Waals surface area contributed by atoms with Crippen LogP contribution in [-0.2, 0) is 0 Å². The number of nitrogens with two attached hydrogens (primary N) is 1. The molecule has 1 aromatic heterocycles. The highest BCUT2D eigenvalue weighted by Gasteiger charge is 2.18. The lowest BCUT2D eigenvalue weighted by Crippen LogP contribution is -2.05. The molecule has 0 aliphatic carbocycles. The molecule has 2 nitrogen and oxygen atoms in total. The predicted octanol–water partition coefficient (Wildman–Crippen LogP) is 4.39. The minimum Gasteiger partial charge on any atom is -0.398 e. The van der Waals surface area contributed by atoms with Crippen LogP contribution in [0.5, 0.6) is 0 Å². The molecule has 0 saturated heterocycles. The molecule has 17 heavy (non-hydrogen) atoms. The molecule has 0 fully saturated rings. The van der Waals surface area contributed by atoms with Gasteiger partial charge in [-0.1, -0.05) is 12.1 Å². The first kappa shape index (κ1) is 12.8. The smallest absolute Gasteiger partial charge is 0.205 e. The van der Waals surface area contributed by atoms with Crippen molar-refractivity contribution in [3.05, 3.63) is 48.5 Å². The largest absolute Gasteiger partial charge is 0.398 e. The van der Waals surface area contributed by atoms with Gasteiger partial charge in [0.25, 0.3) is 0 Å². The Balaban J connectivity index is 2.51. The van der Waals surface area contributed by atoms with Crippen molar-refractivity contribution < 1.29 is 4.79 Å². The Morgan fingerprint density at radius 2 is 2.06 bits per heavy atom. The maximum absolute atomic E-state index is 12.3. The molecule has 0 bridgehead atoms. The van der Waals surface area contributed by atoms with Gasteiger partial charge in [0.2, 0.25) is 5.78 Å². The molecular weight excluding hydrogens is 366 g/mol. The summed E-state index contributed by atoms with van der Waals surface area (Å²) in [5.41, 5.74) is 7.88. The fraction of sp³-hybridized carbons (Fsp3) is 0.0833. The maximum Gasteiger partial charge on any atom is 0.205 e. The van der Waals surface area contributed by atoms with Crippen molar-refractivity contribution in [2.24, 2.45) is 0 Å². The Morgan fingerprint density at radius 3 is 2.59 bits per heavy atom. The second-order valence-corrected chi connectivity index (χ2v) is 6.82. The van der Waals surface area contributed by atoms with E-state index in [0.717, 1.165) is 13.8 Å². The van der Waals surface area contributed by atoms with Crippen LogP contribution in [0.15, 0.2) is 32.5 Å². The van der Waals surface area contributed by atoms with Crippen LogP contribution in [0.4, 0.5) is 5.69 Å². The van der Waals surface area contributed by atoms with Crippen LogP contribution in [0.1, 0.15) is 20.8 Å². The zero-order valence-corrected chi connectivity index (χ0v) is 12.9. The summed E-state index contributed by atoms with van der Waals surface area (Å²) in [6, 6.07) is 7.30. The molecular formula is C12H9Br2NOS. The van der Waals surface area contributed by atoms with E-state index in [2.05, 4.69) is 31.9 Å². The summed E-state index contributed by atoms with van der Waals surface area (Å²) in [6.07, 6.45) is 0. The minimum atomic E-state index is -0.0306. The number of carbonyl (C=O) groups is 1. The highest BCUT2D eigenvalue weighted by Crippen LogP contribution is 2.34. The number of ketones is 1. The van der Waals surface area contributed by atoms with Crippen LogP contribution in [0.2, 0.25) is 0 Å². The van der Waals surface area contributed by atoms with Gasteiger partial charge in [0.15, 0.2) is 0 Å². The minimum absolute atomic E-state index is 0.0306. The average molecular weight is 375 g/mol. The van der Waals surface area contributed by atoms with E-state index in [-0.39, 0.29) is 5.78 Å². The first-order valence-corrected chi connectivity index (χ1v) is 7.25. The molecule has 0 unspecified atom stereocenters. The van der Waals surface area contributed by atoms with Crippen LogP contribution in [0, 0.1) is 6.92 Å². The number of aryl methyl sites for hydroxylation is 1. The molecule has 0 atom stereocenters. The van der Waals surface area contributed by atoms with Gasteiger partial charge in [-0.2, -0.15) is 0 Å². The number of nitrogen functional groups attached to an aromatic ring is 1. The number of anilines is 1. The summed E-state index contributed by atoms with van der Waals surface area (Å²) in [6.45, 7) is 1.89. The Hall–Kier alpha value is -0.650. The monoisotopic (exact) mass is 373 g/mol. The number of halogens is 2. The van der Waals surface area contributed by atoms with Gasteiger partial charge in [0.05, 0.1) is 8.66 Å². The first-order valence-electron chi connectivity index (χ1n) is 4.85. The third-order valence-corrected chi connectivity index (χ3v) is 5.66. The summed E-state index contributed by atoms with van der Waals surface area (Å²) in [4.78, 5) is 13.0. The molecule has 0 spiro atoms. The van der Waals surface area contributed by atoms with Crippen LogP contribution < -0.4 is 5.73 Å². The van der Waals surface area contributed by atoms with Gasteiger partial charge in [-0.15, -0.1) is 11.3 Å². The zero-order valence-electron chi connectivity index (χ0n) is 8.96. The van der Waals surface area contributed by atoms with Gasteiger partial charge < -0.3 is 5.73 Å². The van der Waals surface area contributed by atoms with E-state index in [9.17, 15) is 4.79 Å². The van der Waals surface area contributed by atoms with E-state index in [0.29, 0.717) is 16.1 Å². The van der Waals surface area contributed by atoms with E-state index in [1.54, 1.807) is 6.07 Å². The highest BCUT2D eigenvalue weighted by molar-refractivity contribution is 9.13. The van der Waals surface area contributed by atoms with Crippen molar-refractivity contribution in [2.75, 3.05) is 5.73 Å². The van der Waals surface area contributed by atoms with Gasteiger partial charge in [0.1, 0.15) is 0 Å². The molecule has 1 heterocycles. The summed E-state index contributed by atoms with van der Waals surface area (Å²) in [5, 5.41) is 0. The molecule has 0 aliphatic heterocycles. The van der Waals surface area contributed by atoms with E-state index >= 15 is 0 Å². The van der Waals surface area contributed by atoms with E-state index in [1.807, 2.05) is 25.1 Å². The van der Waals surface area contributed by atoms with E-state index in [4.69, 9.17) is 5.73 Å². The quantitative estimate of drug-likeness (QED) is 0.625. The van der Waals surface area contributed by atoms with Gasteiger partial charge in [-0.3, -0.25) is 4.79 Å². The molecule has 1 aromatic carbocycles. The molecule has 0 radical (unpaired) electrons. The van der Waals surface area contributed by atoms with Gasteiger partial charge >= 0.3 is 0 Å². The summed E-state index contributed by atoms with van der Waals surface area (Å²) in [7, 11) is 0. The first-order chi connectivity index (χ1) is 8.00. The Labute approximate surface area is 120 Å². The lowest BCUT2D eigenvalue weighted by Gasteiger charge is -2.06. The summed E-state index contributed by atoms with van der Waals surface area (Å²) in [5.74, 6) is -0.0306. The predicted molar refractivity (Wildman–Crippen MR) is 78.7 cm³/mol. The maximum atomic E-state index is 12.3. The molecule has 88 valence electrons. The van der Waals surface area contributed by atoms with E-state index < -0.39 is 0 Å². The number of thiophene rings is 1. The van der Waals surface area contributed by atoms with E-state index in [1.165, 1.54) is 11.3 Å². The molecule has 0 saturated carbocycles. The highest BCUT2D eigenvalue weighted by atomic mass is 79.9. The molecule has 0 amide bonds. The summed E-state index contributed by atoms with van der Waals surface area (Å²) >= 11 is 8.16. The van der Waals surface area contributed by atoms with Crippen molar-refractivity contribution in [3.63, 3.8) is 0 Å². The average Bonchev–Trinajstić information content (AvgIpc) is 2.59. The third-order valence-electron chi connectivity index (χ3n) is 2.40. The number of rotatable bonds is 2. The summed E-state index contributed by atoms with van der Waals surface area (Å²) < 4.78 is 1.80. The number of benzene rings is 1. The fourth-order valence-electron chi connectivity index (χ4n) is 1.58. The lowest BCUT2D eigenvalue weighted by molar-refractivity contribution is 0.104. The van der Waals surface area contributed by atoms with Gasteiger partial charge in [-0.25, -0.2) is 0 Å². The molecule has 5 heteroatoms. The van der Waals surface area contributed by atoms with Crippen molar-refractivity contribution in [1.29, 1.82) is 0 Å². The lowest BCUT2D eigenvalue weighted by atomic mass is 10.0. The van der Waals surface area contributed by atoms with Crippen molar-refractivity contribution in [2.45, 2.75) is 6.92 Å². The number of hydrogen-bond acceptors (Lipinski definition) is 3. The normalized spacial score (nSPS) is 10.5. The third kappa shape index (κ3) is 2.46. The van der Waals surface area contributed by atoms with Crippen LogP contribution in [0.25, 0.3) is 0 Å². The van der Waals surface area contributed by atoms with Crippen LogP contribution in [-0.4, -0.2) is 5.78 Å². The second kappa shape index (κ2) is 4.92. The Kier molecular flexibility index (Phi) is 3.70. The topological polar surface area (TPSA) is 43.1 Å². The Morgan fingerprint density at radius 1 is 1.35 bits per heavy atom. The molecule has 2 N–H and O–H groups in total. The number of hydrogen-bond donors (Lipinski definition) is 1. The zero-order chi connectivity index (χ0) is 12.6. The molecule has 2 aromatic rings. The van der Waals surface area contributed by atoms with Crippen molar-refractivity contribution >= 4 is 54.7 Å². The van der Waals surface area contributed by atoms with Gasteiger partial charge in [-0.05, 0) is 56.5 Å². The van der Waals surface area contributed by atoms with Crippen molar-refractivity contribution in [3.8, 4) is 0 Å².